The van der Waals surface area contributed by atoms with Gasteiger partial charge in [-0.3, -0.25) is 9.58 Å². The Morgan fingerprint density at radius 1 is 1.38 bits per heavy atom. The molecule has 0 amide bonds. The predicted molar refractivity (Wildman–Crippen MR) is 87.1 cm³/mol. The Hall–Kier alpha value is -1.36. The van der Waals surface area contributed by atoms with Gasteiger partial charge in [-0.15, -0.1) is 0 Å². The number of nitrogens with two attached hydrogens (primary N) is 1. The molecular formula is C16H23ClN4. The van der Waals surface area contributed by atoms with E-state index in [0.717, 1.165) is 29.1 Å². The lowest BCUT2D eigenvalue weighted by molar-refractivity contribution is 0.201. The molecule has 1 heterocycles. The first-order valence-electron chi connectivity index (χ1n) is 7.20. The van der Waals surface area contributed by atoms with Crippen LogP contribution in [0.3, 0.4) is 0 Å². The maximum Gasteiger partial charge on any atom is 0.0538 e. The molecule has 2 aromatic rings. The van der Waals surface area contributed by atoms with Crippen molar-refractivity contribution in [2.24, 2.45) is 12.8 Å². The van der Waals surface area contributed by atoms with Gasteiger partial charge in [0.25, 0.3) is 0 Å². The first kappa shape index (κ1) is 16.0. The second kappa shape index (κ2) is 7.07. The third-order valence-electron chi connectivity index (χ3n) is 3.80. The zero-order chi connectivity index (χ0) is 15.4. The SMILES string of the molecule is CCC(N)C(c1cnn(C)c1)N(C)Cc1ccccc1Cl. The highest BCUT2D eigenvalue weighted by Gasteiger charge is 2.24. The molecule has 0 spiro atoms. The summed E-state index contributed by atoms with van der Waals surface area (Å²) in [6.07, 6.45) is 4.83. The van der Waals surface area contributed by atoms with Crippen molar-refractivity contribution >= 4 is 11.6 Å². The molecule has 2 atom stereocenters. The van der Waals surface area contributed by atoms with Crippen molar-refractivity contribution in [1.82, 2.24) is 14.7 Å². The van der Waals surface area contributed by atoms with Crippen molar-refractivity contribution in [2.75, 3.05) is 7.05 Å². The third-order valence-corrected chi connectivity index (χ3v) is 4.16. The quantitative estimate of drug-likeness (QED) is 0.892. The van der Waals surface area contributed by atoms with Crippen LogP contribution in [-0.2, 0) is 13.6 Å². The van der Waals surface area contributed by atoms with Gasteiger partial charge in [0.15, 0.2) is 0 Å². The van der Waals surface area contributed by atoms with Crippen LogP contribution in [0, 0.1) is 0 Å². The molecule has 114 valence electrons. The molecule has 0 radical (unpaired) electrons. The van der Waals surface area contributed by atoms with Gasteiger partial charge in [0.1, 0.15) is 0 Å². The lowest BCUT2D eigenvalue weighted by Crippen LogP contribution is -2.38. The number of halogens is 1. The first-order valence-corrected chi connectivity index (χ1v) is 7.58. The number of benzene rings is 1. The highest BCUT2D eigenvalue weighted by Crippen LogP contribution is 2.26. The van der Waals surface area contributed by atoms with Crippen molar-refractivity contribution in [3.63, 3.8) is 0 Å². The number of nitrogens with zero attached hydrogens (tertiary/aromatic N) is 3. The molecule has 1 aromatic carbocycles. The minimum atomic E-state index is 0.0571. The number of hydrogen-bond donors (Lipinski definition) is 1. The van der Waals surface area contributed by atoms with Crippen LogP contribution in [-0.4, -0.2) is 27.8 Å². The van der Waals surface area contributed by atoms with E-state index in [2.05, 4.69) is 30.0 Å². The Balaban J connectivity index is 2.22. The molecule has 2 rings (SSSR count). The minimum absolute atomic E-state index is 0.0571. The topological polar surface area (TPSA) is 47.1 Å². The van der Waals surface area contributed by atoms with Gasteiger partial charge in [0.2, 0.25) is 0 Å². The molecular weight excluding hydrogens is 284 g/mol. The fourth-order valence-electron chi connectivity index (χ4n) is 2.64. The van der Waals surface area contributed by atoms with E-state index in [1.165, 1.54) is 0 Å². The van der Waals surface area contributed by atoms with Crippen LogP contribution in [0.4, 0.5) is 0 Å². The van der Waals surface area contributed by atoms with Crippen LogP contribution in [0.2, 0.25) is 5.02 Å². The fraction of sp³-hybridized carbons (Fsp3) is 0.438. The molecule has 0 saturated carbocycles. The van der Waals surface area contributed by atoms with Crippen LogP contribution < -0.4 is 5.73 Å². The van der Waals surface area contributed by atoms with Crippen LogP contribution in [0.25, 0.3) is 0 Å². The Labute approximate surface area is 131 Å². The molecule has 2 N–H and O–H groups in total. The summed E-state index contributed by atoms with van der Waals surface area (Å²) in [4.78, 5) is 2.24. The summed E-state index contributed by atoms with van der Waals surface area (Å²) in [7, 11) is 4.00. The van der Waals surface area contributed by atoms with Gasteiger partial charge in [-0.1, -0.05) is 36.7 Å². The molecule has 0 fully saturated rings. The summed E-state index contributed by atoms with van der Waals surface area (Å²) < 4.78 is 1.81. The Morgan fingerprint density at radius 2 is 2.10 bits per heavy atom. The van der Waals surface area contributed by atoms with Crippen LogP contribution >= 0.6 is 11.6 Å². The Morgan fingerprint density at radius 3 is 2.67 bits per heavy atom. The summed E-state index contributed by atoms with van der Waals surface area (Å²) in [6, 6.07) is 8.11. The second-order valence-electron chi connectivity index (χ2n) is 5.47. The van der Waals surface area contributed by atoms with Gasteiger partial charge in [0.05, 0.1) is 12.2 Å². The van der Waals surface area contributed by atoms with Crippen molar-refractivity contribution in [3.05, 3.63) is 52.8 Å². The van der Waals surface area contributed by atoms with E-state index in [1.807, 2.05) is 42.3 Å². The average molecular weight is 307 g/mol. The zero-order valence-electron chi connectivity index (χ0n) is 12.8. The minimum Gasteiger partial charge on any atom is -0.326 e. The van der Waals surface area contributed by atoms with E-state index >= 15 is 0 Å². The number of hydrogen-bond acceptors (Lipinski definition) is 3. The van der Waals surface area contributed by atoms with Gasteiger partial charge in [0, 0.05) is 36.4 Å². The van der Waals surface area contributed by atoms with E-state index in [-0.39, 0.29) is 12.1 Å². The highest BCUT2D eigenvalue weighted by atomic mass is 35.5. The third kappa shape index (κ3) is 3.84. The number of aromatic nitrogens is 2. The van der Waals surface area contributed by atoms with Crippen molar-refractivity contribution in [1.29, 1.82) is 0 Å². The number of aryl methyl sites for hydroxylation is 1. The van der Waals surface area contributed by atoms with Crippen molar-refractivity contribution in [2.45, 2.75) is 32.0 Å². The molecule has 1 aromatic heterocycles. The summed E-state index contributed by atoms with van der Waals surface area (Å²) in [5, 5.41) is 5.06. The molecule has 0 bridgehead atoms. The monoisotopic (exact) mass is 306 g/mol. The number of rotatable bonds is 6. The van der Waals surface area contributed by atoms with Gasteiger partial charge in [-0.25, -0.2) is 0 Å². The molecule has 21 heavy (non-hydrogen) atoms. The van der Waals surface area contributed by atoms with Gasteiger partial charge in [-0.2, -0.15) is 5.10 Å². The molecule has 0 aliphatic carbocycles. The zero-order valence-corrected chi connectivity index (χ0v) is 13.6. The van der Waals surface area contributed by atoms with E-state index in [4.69, 9.17) is 17.3 Å². The first-order chi connectivity index (χ1) is 10.0. The standard InChI is InChI=1S/C16H23ClN4/c1-4-15(18)16(13-9-19-21(3)11-13)20(2)10-12-7-5-6-8-14(12)17/h5-9,11,15-16H,4,10,18H2,1-3H3. The Kier molecular flexibility index (Phi) is 5.39. The lowest BCUT2D eigenvalue weighted by atomic mass is 9.99. The smallest absolute Gasteiger partial charge is 0.0538 e. The van der Waals surface area contributed by atoms with Gasteiger partial charge < -0.3 is 5.73 Å². The second-order valence-corrected chi connectivity index (χ2v) is 5.88. The molecule has 0 aliphatic rings. The van der Waals surface area contributed by atoms with Crippen LogP contribution in [0.1, 0.15) is 30.5 Å². The largest absolute Gasteiger partial charge is 0.326 e. The fourth-order valence-corrected chi connectivity index (χ4v) is 2.83. The predicted octanol–water partition coefficient (Wildman–Crippen LogP) is 2.98. The molecule has 0 aliphatic heterocycles. The Bertz CT molecular complexity index is 581. The normalized spacial score (nSPS) is 14.4. The van der Waals surface area contributed by atoms with E-state index in [1.54, 1.807) is 0 Å². The number of likely N-dealkylation sites (N-methyl/N-ethyl adjacent to an activating group) is 1. The summed E-state index contributed by atoms with van der Waals surface area (Å²) >= 11 is 6.26. The van der Waals surface area contributed by atoms with Crippen molar-refractivity contribution < 1.29 is 0 Å². The molecule has 4 nitrogen and oxygen atoms in total. The lowest BCUT2D eigenvalue weighted by Gasteiger charge is -2.32. The molecule has 0 saturated heterocycles. The van der Waals surface area contributed by atoms with E-state index in [9.17, 15) is 0 Å². The van der Waals surface area contributed by atoms with E-state index < -0.39 is 0 Å². The summed E-state index contributed by atoms with van der Waals surface area (Å²) in [5.74, 6) is 0. The maximum atomic E-state index is 6.34. The van der Waals surface area contributed by atoms with Crippen LogP contribution in [0.5, 0.6) is 0 Å². The van der Waals surface area contributed by atoms with Crippen LogP contribution in [0.15, 0.2) is 36.7 Å². The molecule has 5 heteroatoms. The summed E-state index contributed by atoms with van der Waals surface area (Å²) in [5.41, 5.74) is 8.59. The van der Waals surface area contributed by atoms with E-state index in [0.29, 0.717) is 0 Å². The van der Waals surface area contributed by atoms with Gasteiger partial charge in [-0.05, 0) is 25.1 Å². The van der Waals surface area contributed by atoms with Crippen molar-refractivity contribution in [3.8, 4) is 0 Å². The van der Waals surface area contributed by atoms with Gasteiger partial charge >= 0.3 is 0 Å². The summed E-state index contributed by atoms with van der Waals surface area (Å²) in [6.45, 7) is 2.87. The highest BCUT2D eigenvalue weighted by molar-refractivity contribution is 6.31. The molecule has 2 unspecified atom stereocenters. The average Bonchev–Trinajstić information content (AvgIpc) is 2.87. The maximum absolute atomic E-state index is 6.34.